The van der Waals surface area contributed by atoms with Crippen LogP contribution in [0.4, 0.5) is 0 Å². The summed E-state index contributed by atoms with van der Waals surface area (Å²) in [5, 5.41) is 11.1. The summed E-state index contributed by atoms with van der Waals surface area (Å²) in [5.74, 6) is -0.986. The van der Waals surface area contributed by atoms with Crippen molar-refractivity contribution in [3.8, 4) is 0 Å². The van der Waals surface area contributed by atoms with Gasteiger partial charge in [-0.1, -0.05) is 23.7 Å². The van der Waals surface area contributed by atoms with Crippen molar-refractivity contribution in [3.05, 3.63) is 50.7 Å². The zero-order valence-corrected chi connectivity index (χ0v) is 9.10. The summed E-state index contributed by atoms with van der Waals surface area (Å²) in [7, 11) is 1.08. The highest BCUT2D eigenvalue weighted by molar-refractivity contribution is 6.30. The first kappa shape index (κ1) is 12.2. The third-order valence-electron chi connectivity index (χ3n) is 1.76. The molecule has 5 nitrogen and oxygen atoms in total. The molecule has 0 atom stereocenters. The second kappa shape index (κ2) is 5.27. The van der Waals surface area contributed by atoms with Crippen molar-refractivity contribution in [1.82, 2.24) is 0 Å². The van der Waals surface area contributed by atoms with Crippen molar-refractivity contribution in [2.24, 2.45) is 0 Å². The van der Waals surface area contributed by atoms with E-state index in [1.807, 2.05) is 0 Å². The van der Waals surface area contributed by atoms with Crippen molar-refractivity contribution in [2.75, 3.05) is 7.11 Å². The minimum absolute atomic E-state index is 0.501. The molecule has 0 saturated carbocycles. The van der Waals surface area contributed by atoms with Crippen LogP contribution in [0.15, 0.2) is 30.0 Å². The zero-order chi connectivity index (χ0) is 12.1. The highest BCUT2D eigenvalue weighted by atomic mass is 35.5. The number of rotatable bonds is 3. The monoisotopic (exact) mass is 241 g/mol. The highest BCUT2D eigenvalue weighted by Crippen LogP contribution is 2.13. The largest absolute Gasteiger partial charge is 0.461 e. The van der Waals surface area contributed by atoms with Crippen LogP contribution in [0.25, 0.3) is 6.08 Å². The molecular weight excluding hydrogens is 234 g/mol. The lowest BCUT2D eigenvalue weighted by Crippen LogP contribution is -2.12. The van der Waals surface area contributed by atoms with Crippen LogP contribution in [0, 0.1) is 10.1 Å². The third kappa shape index (κ3) is 3.06. The summed E-state index contributed by atoms with van der Waals surface area (Å²) in [6.07, 6.45) is 1.13. The Morgan fingerprint density at radius 3 is 2.44 bits per heavy atom. The van der Waals surface area contributed by atoms with Crippen LogP contribution in [0.2, 0.25) is 5.02 Å². The van der Waals surface area contributed by atoms with Crippen LogP contribution in [0.5, 0.6) is 0 Å². The number of hydrogen-bond donors (Lipinski definition) is 0. The topological polar surface area (TPSA) is 69.4 Å². The smallest absolute Gasteiger partial charge is 0.409 e. The maximum Gasteiger partial charge on any atom is 0.409 e. The number of benzene rings is 1. The van der Waals surface area contributed by atoms with Crippen LogP contribution in [-0.4, -0.2) is 18.0 Å². The molecule has 0 saturated heterocycles. The lowest BCUT2D eigenvalue weighted by atomic mass is 10.2. The van der Waals surface area contributed by atoms with Gasteiger partial charge in [-0.05, 0) is 17.7 Å². The molecule has 0 aliphatic rings. The lowest BCUT2D eigenvalue weighted by molar-refractivity contribution is -0.419. The normalized spacial score (nSPS) is 11.0. The molecular formula is C10H8ClNO4. The van der Waals surface area contributed by atoms with Gasteiger partial charge < -0.3 is 4.74 Å². The average Bonchev–Trinajstić information content (AvgIpc) is 2.27. The van der Waals surface area contributed by atoms with Gasteiger partial charge in [0, 0.05) is 11.1 Å². The number of carbonyl (C=O) groups is 1. The van der Waals surface area contributed by atoms with Crippen molar-refractivity contribution < 1.29 is 14.5 Å². The van der Waals surface area contributed by atoms with E-state index in [-0.39, 0.29) is 0 Å². The van der Waals surface area contributed by atoms with Crippen LogP contribution < -0.4 is 0 Å². The maximum atomic E-state index is 11.1. The number of ether oxygens (including phenoxy) is 1. The minimum Gasteiger partial charge on any atom is -0.461 e. The first-order chi connectivity index (χ1) is 7.54. The Morgan fingerprint density at radius 1 is 1.44 bits per heavy atom. The molecule has 0 N–H and O–H groups in total. The predicted octanol–water partition coefficient (Wildman–Crippen LogP) is 2.13. The molecule has 1 aromatic rings. The summed E-state index contributed by atoms with van der Waals surface area (Å²) in [6, 6.07) is 6.27. The fraction of sp³-hybridized carbons (Fsp3) is 0.100. The Kier molecular flexibility index (Phi) is 4.02. The molecule has 0 unspecified atom stereocenters. The van der Waals surface area contributed by atoms with Gasteiger partial charge in [0.2, 0.25) is 0 Å². The van der Waals surface area contributed by atoms with E-state index in [0.29, 0.717) is 10.6 Å². The number of hydrogen-bond acceptors (Lipinski definition) is 4. The minimum atomic E-state index is -0.986. The molecule has 0 amide bonds. The molecule has 84 valence electrons. The van der Waals surface area contributed by atoms with Crippen LogP contribution >= 0.6 is 11.6 Å². The van der Waals surface area contributed by atoms with Gasteiger partial charge in [-0.3, -0.25) is 10.1 Å². The molecule has 0 bridgehead atoms. The number of nitro groups is 1. The van der Waals surface area contributed by atoms with E-state index in [0.717, 1.165) is 13.2 Å². The Hall–Kier alpha value is -1.88. The van der Waals surface area contributed by atoms with Crippen LogP contribution in [0.1, 0.15) is 5.56 Å². The van der Waals surface area contributed by atoms with Gasteiger partial charge in [-0.25, -0.2) is 4.79 Å². The Bertz CT molecular complexity index is 439. The van der Waals surface area contributed by atoms with Gasteiger partial charge in [0.25, 0.3) is 0 Å². The predicted molar refractivity (Wildman–Crippen MR) is 58.4 cm³/mol. The van der Waals surface area contributed by atoms with Crippen molar-refractivity contribution in [1.29, 1.82) is 0 Å². The van der Waals surface area contributed by atoms with Gasteiger partial charge in [0.05, 0.1) is 12.0 Å². The van der Waals surface area contributed by atoms with Crippen molar-refractivity contribution in [2.45, 2.75) is 0 Å². The van der Waals surface area contributed by atoms with E-state index in [4.69, 9.17) is 11.6 Å². The van der Waals surface area contributed by atoms with Gasteiger partial charge in [0.1, 0.15) is 0 Å². The van der Waals surface area contributed by atoms with E-state index < -0.39 is 16.6 Å². The molecule has 0 aliphatic heterocycles. The summed E-state index contributed by atoms with van der Waals surface area (Å²) in [5.41, 5.74) is -0.119. The fourth-order valence-electron chi connectivity index (χ4n) is 1.01. The fourth-order valence-corrected chi connectivity index (χ4v) is 1.13. The second-order valence-electron chi connectivity index (χ2n) is 2.83. The Balaban J connectivity index is 3.07. The van der Waals surface area contributed by atoms with Gasteiger partial charge in [0.15, 0.2) is 0 Å². The summed E-state index contributed by atoms with van der Waals surface area (Å²) in [4.78, 5) is 20.9. The number of halogens is 1. The van der Waals surface area contributed by atoms with E-state index >= 15 is 0 Å². The molecule has 1 rings (SSSR count). The van der Waals surface area contributed by atoms with E-state index in [2.05, 4.69) is 4.74 Å². The maximum absolute atomic E-state index is 11.1. The molecule has 0 radical (unpaired) electrons. The van der Waals surface area contributed by atoms with Gasteiger partial charge in [-0.15, -0.1) is 0 Å². The summed E-state index contributed by atoms with van der Waals surface area (Å²) in [6.45, 7) is 0. The molecule has 16 heavy (non-hydrogen) atoms. The lowest BCUT2D eigenvalue weighted by Gasteiger charge is -1.97. The van der Waals surface area contributed by atoms with Crippen molar-refractivity contribution in [3.63, 3.8) is 0 Å². The Morgan fingerprint density at radius 2 is 2.00 bits per heavy atom. The standard InChI is InChI=1S/C10H8ClNO4/c1-16-10(13)9(12(14)15)6-7-2-4-8(11)5-3-7/h2-6H,1H3. The third-order valence-corrected chi connectivity index (χ3v) is 2.02. The quantitative estimate of drug-likeness (QED) is 0.352. The number of methoxy groups -OCH3 is 1. The Labute approximate surface area is 96.4 Å². The highest BCUT2D eigenvalue weighted by Gasteiger charge is 2.22. The molecule has 0 aliphatic carbocycles. The molecule has 0 spiro atoms. The number of carbonyl (C=O) groups excluding carboxylic acids is 1. The SMILES string of the molecule is COC(=O)C(=Cc1ccc(Cl)cc1)[N+](=O)[O-]. The molecule has 1 aromatic carbocycles. The van der Waals surface area contributed by atoms with Crippen LogP contribution in [-0.2, 0) is 9.53 Å². The molecule has 0 fully saturated rings. The van der Waals surface area contributed by atoms with E-state index in [1.54, 1.807) is 24.3 Å². The number of esters is 1. The average molecular weight is 242 g/mol. The summed E-state index contributed by atoms with van der Waals surface area (Å²) < 4.78 is 4.29. The second-order valence-corrected chi connectivity index (χ2v) is 3.27. The van der Waals surface area contributed by atoms with E-state index in [9.17, 15) is 14.9 Å². The van der Waals surface area contributed by atoms with Gasteiger partial charge >= 0.3 is 11.7 Å². The molecule has 0 aromatic heterocycles. The first-order valence-corrected chi connectivity index (χ1v) is 4.62. The van der Waals surface area contributed by atoms with Crippen LogP contribution in [0.3, 0.4) is 0 Å². The summed E-state index contributed by atoms with van der Waals surface area (Å²) >= 11 is 5.65. The van der Waals surface area contributed by atoms with Crippen molar-refractivity contribution >= 4 is 23.6 Å². The zero-order valence-electron chi connectivity index (χ0n) is 8.34. The first-order valence-electron chi connectivity index (χ1n) is 4.24. The number of nitrogens with zero attached hydrogens (tertiary/aromatic N) is 1. The van der Waals surface area contributed by atoms with Gasteiger partial charge in [-0.2, -0.15) is 0 Å². The molecule has 6 heteroatoms. The van der Waals surface area contributed by atoms with E-state index in [1.165, 1.54) is 0 Å². The molecule has 0 heterocycles.